The van der Waals surface area contributed by atoms with E-state index in [0.717, 1.165) is 18.1 Å². The normalized spacial score (nSPS) is 19.5. The summed E-state index contributed by atoms with van der Waals surface area (Å²) in [6.07, 6.45) is 5.75. The van der Waals surface area contributed by atoms with Crippen molar-refractivity contribution in [2.45, 2.75) is 38.8 Å². The van der Waals surface area contributed by atoms with E-state index >= 15 is 0 Å². The highest BCUT2D eigenvalue weighted by Gasteiger charge is 2.33. The Bertz CT molecular complexity index is 334. The molecule has 0 saturated carbocycles. The molecule has 82 valence electrons. The molecule has 4 heteroatoms. The minimum Gasteiger partial charge on any atom is -0.392 e. The maximum Gasteiger partial charge on any atom is 0.225 e. The van der Waals surface area contributed by atoms with Crippen LogP contribution >= 0.6 is 0 Å². The third-order valence-corrected chi connectivity index (χ3v) is 3.02. The highest BCUT2D eigenvalue weighted by Crippen LogP contribution is 2.30. The molecule has 2 heterocycles. The summed E-state index contributed by atoms with van der Waals surface area (Å²) in [6.45, 7) is 5.45. The molecule has 0 atom stereocenters. The van der Waals surface area contributed by atoms with Gasteiger partial charge in [-0.15, -0.1) is 0 Å². The summed E-state index contributed by atoms with van der Waals surface area (Å²) in [7, 11) is 0. The second-order valence-corrected chi connectivity index (χ2v) is 4.62. The molecule has 0 amide bonds. The van der Waals surface area contributed by atoms with Crippen molar-refractivity contribution < 1.29 is 5.11 Å². The summed E-state index contributed by atoms with van der Waals surface area (Å²) in [5.41, 5.74) is 0.913. The van der Waals surface area contributed by atoms with Gasteiger partial charge in [0, 0.05) is 30.0 Å². The fourth-order valence-electron chi connectivity index (χ4n) is 2.05. The quantitative estimate of drug-likeness (QED) is 0.795. The van der Waals surface area contributed by atoms with Crippen molar-refractivity contribution in [2.24, 2.45) is 0 Å². The Morgan fingerprint density at radius 3 is 2.53 bits per heavy atom. The van der Waals surface area contributed by atoms with Gasteiger partial charge < -0.3 is 10.0 Å². The molecule has 0 unspecified atom stereocenters. The molecule has 1 aromatic rings. The highest BCUT2D eigenvalue weighted by atomic mass is 16.3. The zero-order valence-electron chi connectivity index (χ0n) is 9.27. The molecular weight excluding hydrogens is 190 g/mol. The lowest BCUT2D eigenvalue weighted by Gasteiger charge is -2.31. The first-order chi connectivity index (χ1) is 7.13. The van der Waals surface area contributed by atoms with E-state index in [1.165, 1.54) is 12.8 Å². The van der Waals surface area contributed by atoms with E-state index in [-0.39, 0.29) is 12.1 Å². The van der Waals surface area contributed by atoms with Crippen molar-refractivity contribution >= 4 is 5.95 Å². The van der Waals surface area contributed by atoms with Gasteiger partial charge in [0.2, 0.25) is 5.95 Å². The number of nitrogens with zero attached hydrogens (tertiary/aromatic N) is 3. The third-order valence-electron chi connectivity index (χ3n) is 3.02. The Hall–Kier alpha value is -1.16. The van der Waals surface area contributed by atoms with Crippen LogP contribution in [0.3, 0.4) is 0 Å². The van der Waals surface area contributed by atoms with Gasteiger partial charge in [-0.25, -0.2) is 9.97 Å². The van der Waals surface area contributed by atoms with E-state index in [4.69, 9.17) is 5.11 Å². The van der Waals surface area contributed by atoms with E-state index in [9.17, 15) is 0 Å². The number of rotatable bonds is 2. The number of aliphatic hydroxyl groups is 1. The Morgan fingerprint density at radius 2 is 2.07 bits per heavy atom. The van der Waals surface area contributed by atoms with Crippen molar-refractivity contribution in [3.8, 4) is 0 Å². The largest absolute Gasteiger partial charge is 0.392 e. The zero-order valence-corrected chi connectivity index (χ0v) is 9.27. The van der Waals surface area contributed by atoms with Crippen LogP contribution in [0.4, 0.5) is 5.95 Å². The smallest absolute Gasteiger partial charge is 0.225 e. The van der Waals surface area contributed by atoms with Crippen LogP contribution in [0.5, 0.6) is 0 Å². The topological polar surface area (TPSA) is 49.2 Å². The van der Waals surface area contributed by atoms with Crippen LogP contribution in [0.1, 0.15) is 32.3 Å². The molecule has 0 aliphatic carbocycles. The van der Waals surface area contributed by atoms with Crippen molar-refractivity contribution in [1.29, 1.82) is 0 Å². The van der Waals surface area contributed by atoms with Crippen molar-refractivity contribution in [3.05, 3.63) is 18.0 Å². The maximum atomic E-state index is 8.90. The summed E-state index contributed by atoms with van der Waals surface area (Å²) >= 11 is 0. The Labute approximate surface area is 90.0 Å². The average molecular weight is 207 g/mol. The first-order valence-electron chi connectivity index (χ1n) is 5.33. The third kappa shape index (κ3) is 1.95. The fourth-order valence-corrected chi connectivity index (χ4v) is 2.05. The molecule has 0 aromatic carbocycles. The lowest BCUT2D eigenvalue weighted by molar-refractivity contribution is 0.281. The monoisotopic (exact) mass is 207 g/mol. The Kier molecular flexibility index (Phi) is 2.61. The second-order valence-electron chi connectivity index (χ2n) is 4.62. The minimum atomic E-state index is 0.00364. The van der Waals surface area contributed by atoms with Gasteiger partial charge in [0.05, 0.1) is 6.61 Å². The maximum absolute atomic E-state index is 8.90. The summed E-state index contributed by atoms with van der Waals surface area (Å²) in [5.74, 6) is 0.773. The van der Waals surface area contributed by atoms with Crippen molar-refractivity contribution in [1.82, 2.24) is 9.97 Å². The molecule has 0 bridgehead atoms. The SMILES string of the molecule is CC1(C)CCCN1c1ncc(CO)cn1. The second kappa shape index (κ2) is 3.77. The van der Waals surface area contributed by atoms with Crippen LogP contribution < -0.4 is 4.90 Å². The van der Waals surface area contributed by atoms with Gasteiger partial charge in [-0.05, 0) is 26.7 Å². The number of aromatic nitrogens is 2. The van der Waals surface area contributed by atoms with Gasteiger partial charge in [0.15, 0.2) is 0 Å². The minimum absolute atomic E-state index is 0.00364. The van der Waals surface area contributed by atoms with E-state index < -0.39 is 0 Å². The molecule has 1 N–H and O–H groups in total. The van der Waals surface area contributed by atoms with Gasteiger partial charge >= 0.3 is 0 Å². The average Bonchev–Trinajstić information content (AvgIpc) is 2.58. The zero-order chi connectivity index (χ0) is 10.9. The molecule has 1 aliphatic rings. The summed E-state index contributed by atoms with van der Waals surface area (Å²) in [5, 5.41) is 8.90. The van der Waals surface area contributed by atoms with Crippen LogP contribution in [0.25, 0.3) is 0 Å². The first-order valence-corrected chi connectivity index (χ1v) is 5.33. The summed E-state index contributed by atoms with van der Waals surface area (Å²) in [4.78, 5) is 10.8. The molecule has 4 nitrogen and oxygen atoms in total. The molecule has 1 aromatic heterocycles. The van der Waals surface area contributed by atoms with Crippen molar-refractivity contribution in [3.63, 3.8) is 0 Å². The molecule has 0 radical (unpaired) electrons. The van der Waals surface area contributed by atoms with Crippen LogP contribution in [-0.2, 0) is 6.61 Å². The van der Waals surface area contributed by atoms with Crippen LogP contribution in [0.15, 0.2) is 12.4 Å². The predicted molar refractivity (Wildman–Crippen MR) is 58.6 cm³/mol. The Balaban J connectivity index is 2.22. The number of hydrogen-bond acceptors (Lipinski definition) is 4. The van der Waals surface area contributed by atoms with Gasteiger partial charge in [0.1, 0.15) is 0 Å². The highest BCUT2D eigenvalue weighted by molar-refractivity contribution is 5.36. The molecule has 15 heavy (non-hydrogen) atoms. The predicted octanol–water partition coefficient (Wildman–Crippen LogP) is 1.35. The molecule has 1 fully saturated rings. The number of aliphatic hydroxyl groups excluding tert-OH is 1. The Morgan fingerprint density at radius 1 is 1.40 bits per heavy atom. The molecule has 1 saturated heterocycles. The molecular formula is C11H17N3O. The lowest BCUT2D eigenvalue weighted by atomic mass is 10.0. The van der Waals surface area contributed by atoms with Gasteiger partial charge in [-0.3, -0.25) is 0 Å². The molecule has 0 spiro atoms. The summed E-state index contributed by atoms with van der Waals surface area (Å²) < 4.78 is 0. The van der Waals surface area contributed by atoms with Crippen LogP contribution in [-0.4, -0.2) is 27.2 Å². The van der Waals surface area contributed by atoms with E-state index in [1.807, 2.05) is 0 Å². The van der Waals surface area contributed by atoms with E-state index in [1.54, 1.807) is 12.4 Å². The fraction of sp³-hybridized carbons (Fsp3) is 0.636. The standard InChI is InChI=1S/C11H17N3O/c1-11(2)4-3-5-14(11)10-12-6-9(8-15)7-13-10/h6-7,15H,3-5,8H2,1-2H3. The number of hydrogen-bond donors (Lipinski definition) is 1. The van der Waals surface area contributed by atoms with E-state index in [0.29, 0.717) is 0 Å². The van der Waals surface area contributed by atoms with Crippen molar-refractivity contribution in [2.75, 3.05) is 11.4 Å². The van der Waals surface area contributed by atoms with E-state index in [2.05, 4.69) is 28.7 Å². The van der Waals surface area contributed by atoms with Crippen LogP contribution in [0.2, 0.25) is 0 Å². The van der Waals surface area contributed by atoms with Crippen LogP contribution in [0, 0.1) is 0 Å². The van der Waals surface area contributed by atoms with Gasteiger partial charge in [-0.1, -0.05) is 0 Å². The molecule has 1 aliphatic heterocycles. The van der Waals surface area contributed by atoms with Gasteiger partial charge in [0.25, 0.3) is 0 Å². The van der Waals surface area contributed by atoms with Gasteiger partial charge in [-0.2, -0.15) is 0 Å². The number of anilines is 1. The lowest BCUT2D eigenvalue weighted by Crippen LogP contribution is -2.39. The summed E-state index contributed by atoms with van der Waals surface area (Å²) in [6, 6.07) is 0. The first kappa shape index (κ1) is 10.4. The molecule has 2 rings (SSSR count).